The van der Waals surface area contributed by atoms with Crippen molar-refractivity contribution in [2.45, 2.75) is 39.2 Å². The summed E-state index contributed by atoms with van der Waals surface area (Å²) < 4.78 is 24.4. The van der Waals surface area contributed by atoms with E-state index in [-0.39, 0.29) is 6.10 Å². The fourth-order valence-corrected chi connectivity index (χ4v) is 6.18. The third kappa shape index (κ3) is 6.50. The van der Waals surface area contributed by atoms with E-state index >= 15 is 0 Å². The van der Waals surface area contributed by atoms with E-state index in [0.717, 1.165) is 68.4 Å². The summed E-state index contributed by atoms with van der Waals surface area (Å²) in [6, 6.07) is 26.4. The summed E-state index contributed by atoms with van der Waals surface area (Å²) in [5.41, 5.74) is 7.33. The fraction of sp³-hybridized carbons (Fsp3) is 0.278. The average Bonchev–Trinajstić information content (AvgIpc) is 3.72. The highest BCUT2D eigenvalue weighted by molar-refractivity contribution is 7.21. The Morgan fingerprint density at radius 3 is 2.34 bits per heavy atom. The van der Waals surface area contributed by atoms with Crippen LogP contribution < -0.4 is 18.9 Å². The molecule has 1 atom stereocenters. The summed E-state index contributed by atoms with van der Waals surface area (Å²) in [4.78, 5) is 10.6. The third-order valence-electron chi connectivity index (χ3n) is 7.86. The Labute approximate surface area is 262 Å². The molecule has 5 aromatic rings. The minimum absolute atomic E-state index is 0.194. The Morgan fingerprint density at radius 1 is 0.795 bits per heavy atom. The average molecular weight is 609 g/mol. The molecule has 0 bridgehead atoms. The maximum absolute atomic E-state index is 6.15. The summed E-state index contributed by atoms with van der Waals surface area (Å²) >= 11 is 1.70. The van der Waals surface area contributed by atoms with Crippen molar-refractivity contribution in [1.82, 2.24) is 4.98 Å². The molecule has 0 saturated carbocycles. The van der Waals surface area contributed by atoms with Crippen LogP contribution in [0.3, 0.4) is 0 Å². The molecule has 1 aliphatic rings. The van der Waals surface area contributed by atoms with Gasteiger partial charge in [-0.25, -0.2) is 4.98 Å². The van der Waals surface area contributed by atoms with E-state index in [1.807, 2.05) is 54.6 Å². The molecule has 6 rings (SSSR count). The topological polar surface area (TPSA) is 71.4 Å². The van der Waals surface area contributed by atoms with Gasteiger partial charge < -0.3 is 23.8 Å². The standard InChI is InChI=1S/C36H36N2O5S/c1-23-19-27(21-32(40-4)24(23)2)30-22-33(43-38-30)26-13-16-31(39-3)34(20-26)42-18-8-7-17-41-28-14-11-25(12-15-28)36-37-29-9-5-6-10-35(29)44-36/h5-6,9-16,19-21,33H,7-8,17-18,22H2,1-4H3. The first kappa shape index (κ1) is 29.5. The number of thiazole rings is 1. The van der Waals surface area contributed by atoms with Gasteiger partial charge in [-0.1, -0.05) is 23.4 Å². The van der Waals surface area contributed by atoms with Gasteiger partial charge in [-0.15, -0.1) is 11.3 Å². The van der Waals surface area contributed by atoms with Crippen molar-refractivity contribution < 1.29 is 23.8 Å². The highest BCUT2D eigenvalue weighted by Crippen LogP contribution is 2.37. The predicted octanol–water partition coefficient (Wildman–Crippen LogP) is 8.70. The number of unbranched alkanes of at least 4 members (excludes halogenated alkanes) is 1. The van der Waals surface area contributed by atoms with Crippen molar-refractivity contribution in [2.75, 3.05) is 27.4 Å². The van der Waals surface area contributed by atoms with E-state index in [1.54, 1.807) is 25.6 Å². The van der Waals surface area contributed by atoms with Crippen LogP contribution in [0.1, 0.15) is 47.6 Å². The summed E-state index contributed by atoms with van der Waals surface area (Å²) in [5, 5.41) is 5.42. The Hall–Kier alpha value is -4.56. The van der Waals surface area contributed by atoms with Crippen LogP contribution in [0.25, 0.3) is 20.8 Å². The van der Waals surface area contributed by atoms with Gasteiger partial charge >= 0.3 is 0 Å². The van der Waals surface area contributed by atoms with Crippen LogP contribution in [0.15, 0.2) is 84.0 Å². The molecule has 0 fully saturated rings. The minimum atomic E-state index is -0.194. The second-order valence-electron chi connectivity index (χ2n) is 10.8. The van der Waals surface area contributed by atoms with Gasteiger partial charge in [0.25, 0.3) is 0 Å². The van der Waals surface area contributed by atoms with E-state index < -0.39 is 0 Å². The second kappa shape index (κ2) is 13.4. The molecule has 4 aromatic carbocycles. The Balaban J connectivity index is 0.984. The Morgan fingerprint density at radius 2 is 1.57 bits per heavy atom. The third-order valence-corrected chi connectivity index (χ3v) is 8.95. The number of ether oxygens (including phenoxy) is 4. The van der Waals surface area contributed by atoms with Gasteiger partial charge in [-0.2, -0.15) is 0 Å². The molecule has 1 unspecified atom stereocenters. The fourth-order valence-electron chi connectivity index (χ4n) is 5.20. The molecule has 0 spiro atoms. The van der Waals surface area contributed by atoms with E-state index in [2.05, 4.69) is 43.3 Å². The number of aryl methyl sites for hydroxylation is 1. The van der Waals surface area contributed by atoms with Gasteiger partial charge in [0.1, 0.15) is 16.5 Å². The van der Waals surface area contributed by atoms with Gasteiger partial charge in [0, 0.05) is 17.5 Å². The minimum Gasteiger partial charge on any atom is -0.496 e. The Kier molecular flexibility index (Phi) is 8.98. The zero-order chi connectivity index (χ0) is 30.5. The molecule has 0 radical (unpaired) electrons. The molecule has 8 heteroatoms. The molecule has 1 aliphatic heterocycles. The molecule has 226 valence electrons. The van der Waals surface area contributed by atoms with Crippen LogP contribution in [0.4, 0.5) is 0 Å². The van der Waals surface area contributed by atoms with Gasteiger partial charge in [0.15, 0.2) is 17.6 Å². The van der Waals surface area contributed by atoms with Crippen molar-refractivity contribution in [2.24, 2.45) is 5.16 Å². The SMILES string of the molecule is COc1ccc(C2CC(c3cc(C)c(C)c(OC)c3)=NO2)cc1OCCCCOc1ccc(-c2nc3ccccc3s2)cc1. The lowest BCUT2D eigenvalue weighted by molar-refractivity contribution is 0.0854. The first-order valence-corrected chi connectivity index (χ1v) is 15.6. The number of methoxy groups -OCH3 is 2. The molecule has 1 aromatic heterocycles. The molecule has 0 saturated heterocycles. The monoisotopic (exact) mass is 608 g/mol. The lowest BCUT2D eigenvalue weighted by Gasteiger charge is -2.15. The molecule has 0 amide bonds. The maximum atomic E-state index is 6.15. The van der Waals surface area contributed by atoms with Crippen LogP contribution in [-0.4, -0.2) is 38.1 Å². The summed E-state index contributed by atoms with van der Waals surface area (Å²) in [6.45, 7) is 5.30. The number of oxime groups is 1. The number of aromatic nitrogens is 1. The summed E-state index contributed by atoms with van der Waals surface area (Å²) in [7, 11) is 3.34. The smallest absolute Gasteiger partial charge is 0.161 e. The van der Waals surface area contributed by atoms with Crippen molar-refractivity contribution in [3.63, 3.8) is 0 Å². The van der Waals surface area contributed by atoms with Crippen molar-refractivity contribution in [3.8, 4) is 33.6 Å². The number of rotatable bonds is 12. The second-order valence-corrected chi connectivity index (χ2v) is 11.8. The van der Waals surface area contributed by atoms with Crippen LogP contribution in [0, 0.1) is 13.8 Å². The number of hydrogen-bond donors (Lipinski definition) is 0. The predicted molar refractivity (Wildman–Crippen MR) is 176 cm³/mol. The quantitative estimate of drug-likeness (QED) is 0.132. The molecule has 2 heterocycles. The zero-order valence-electron chi connectivity index (χ0n) is 25.5. The highest BCUT2D eigenvalue weighted by Gasteiger charge is 2.26. The van der Waals surface area contributed by atoms with E-state index in [1.165, 1.54) is 4.70 Å². The molecular weight excluding hydrogens is 572 g/mol. The van der Waals surface area contributed by atoms with Crippen LogP contribution in [0.2, 0.25) is 0 Å². The number of fused-ring (bicyclic) bond motifs is 1. The number of hydrogen-bond acceptors (Lipinski definition) is 8. The van der Waals surface area contributed by atoms with Gasteiger partial charge in [0.2, 0.25) is 0 Å². The van der Waals surface area contributed by atoms with E-state index in [4.69, 9.17) is 28.8 Å². The lowest BCUT2D eigenvalue weighted by Crippen LogP contribution is -2.06. The zero-order valence-corrected chi connectivity index (χ0v) is 26.3. The first-order chi connectivity index (χ1) is 21.5. The molecule has 0 aliphatic carbocycles. The van der Waals surface area contributed by atoms with Gasteiger partial charge in [-0.05, 0) is 104 Å². The maximum Gasteiger partial charge on any atom is 0.161 e. The van der Waals surface area contributed by atoms with Gasteiger partial charge in [-0.3, -0.25) is 0 Å². The molecule has 0 N–H and O–H groups in total. The summed E-state index contributed by atoms with van der Waals surface area (Å²) in [5.74, 6) is 3.09. The van der Waals surface area contributed by atoms with Crippen LogP contribution in [-0.2, 0) is 4.84 Å². The first-order valence-electron chi connectivity index (χ1n) is 14.8. The van der Waals surface area contributed by atoms with E-state index in [9.17, 15) is 0 Å². The van der Waals surface area contributed by atoms with Crippen LogP contribution in [0.5, 0.6) is 23.0 Å². The molecule has 7 nitrogen and oxygen atoms in total. The largest absolute Gasteiger partial charge is 0.496 e. The molecular formula is C36H36N2O5S. The number of benzene rings is 4. The Bertz CT molecular complexity index is 1750. The van der Waals surface area contributed by atoms with Gasteiger partial charge in [0.05, 0.1) is 43.4 Å². The highest BCUT2D eigenvalue weighted by atomic mass is 32.1. The lowest BCUT2D eigenvalue weighted by atomic mass is 9.97. The molecule has 44 heavy (non-hydrogen) atoms. The number of para-hydroxylation sites is 1. The van der Waals surface area contributed by atoms with Crippen molar-refractivity contribution >= 4 is 27.3 Å². The van der Waals surface area contributed by atoms with E-state index in [0.29, 0.717) is 31.1 Å². The normalized spacial score (nSPS) is 14.3. The van der Waals surface area contributed by atoms with Crippen molar-refractivity contribution in [3.05, 3.63) is 101 Å². The summed E-state index contributed by atoms with van der Waals surface area (Å²) in [6.07, 6.45) is 2.18. The van der Waals surface area contributed by atoms with Crippen molar-refractivity contribution in [1.29, 1.82) is 0 Å². The number of nitrogens with zero attached hydrogens (tertiary/aromatic N) is 2. The van der Waals surface area contributed by atoms with Crippen LogP contribution >= 0.6 is 11.3 Å².